The zero-order valence-electron chi connectivity index (χ0n) is 14.7. The molecule has 1 heterocycles. The number of benzene rings is 2. The summed E-state index contributed by atoms with van der Waals surface area (Å²) in [7, 11) is 0. The molecule has 3 aromatic rings. The number of aromatic nitrogens is 1. The lowest BCUT2D eigenvalue weighted by molar-refractivity contribution is -0.112. The van der Waals surface area contributed by atoms with Gasteiger partial charge >= 0.3 is 0 Å². The van der Waals surface area contributed by atoms with Gasteiger partial charge in [-0.3, -0.25) is 4.79 Å². The fourth-order valence-corrected chi connectivity index (χ4v) is 2.78. The lowest BCUT2D eigenvalue weighted by atomic mass is 10.1. The number of anilines is 1. The zero-order chi connectivity index (χ0) is 18.5. The topological polar surface area (TPSA) is 57.8 Å². The maximum absolute atomic E-state index is 12.4. The highest BCUT2D eigenvalue weighted by atomic mass is 16.1. The molecule has 1 amide bonds. The Morgan fingerprint density at radius 2 is 1.85 bits per heavy atom. The minimum atomic E-state index is -0.414. The summed E-state index contributed by atoms with van der Waals surface area (Å²) in [5.74, 6) is -0.414. The van der Waals surface area contributed by atoms with Crippen LogP contribution in [0.1, 0.15) is 16.8 Å². The van der Waals surface area contributed by atoms with Gasteiger partial charge in [0.15, 0.2) is 0 Å². The van der Waals surface area contributed by atoms with Crippen molar-refractivity contribution in [2.75, 3.05) is 5.32 Å². The van der Waals surface area contributed by atoms with Gasteiger partial charge in [-0.05, 0) is 61.4 Å². The number of nitrogens with one attached hydrogen (secondary N) is 1. The van der Waals surface area contributed by atoms with Crippen LogP contribution in [0, 0.1) is 25.2 Å². The summed E-state index contributed by atoms with van der Waals surface area (Å²) >= 11 is 0. The van der Waals surface area contributed by atoms with Crippen molar-refractivity contribution in [3.05, 3.63) is 89.3 Å². The van der Waals surface area contributed by atoms with Gasteiger partial charge in [0.05, 0.1) is 0 Å². The summed E-state index contributed by atoms with van der Waals surface area (Å²) in [6.45, 7) is 3.94. The van der Waals surface area contributed by atoms with Crippen LogP contribution in [-0.2, 0) is 4.79 Å². The van der Waals surface area contributed by atoms with Gasteiger partial charge in [-0.2, -0.15) is 5.26 Å². The van der Waals surface area contributed by atoms with E-state index in [2.05, 4.69) is 5.32 Å². The maximum Gasteiger partial charge on any atom is 0.266 e. The fourth-order valence-electron chi connectivity index (χ4n) is 2.78. The SMILES string of the molecule is Cc1cccc(NC(=O)/C(C#N)=C/c2cc(C)n(-c3ccccc3)c2)c1. The highest BCUT2D eigenvalue weighted by Gasteiger charge is 2.11. The summed E-state index contributed by atoms with van der Waals surface area (Å²) in [4.78, 5) is 12.4. The fraction of sp³-hybridized carbons (Fsp3) is 0.0909. The summed E-state index contributed by atoms with van der Waals surface area (Å²) in [5, 5.41) is 12.2. The molecule has 0 radical (unpaired) electrons. The van der Waals surface area contributed by atoms with Crippen LogP contribution < -0.4 is 5.32 Å². The van der Waals surface area contributed by atoms with E-state index in [0.29, 0.717) is 5.69 Å². The van der Waals surface area contributed by atoms with Crippen LogP contribution in [0.3, 0.4) is 0 Å². The van der Waals surface area contributed by atoms with E-state index in [1.807, 2.05) is 85.3 Å². The molecule has 0 atom stereocenters. The van der Waals surface area contributed by atoms with Crippen LogP contribution in [0.4, 0.5) is 5.69 Å². The van der Waals surface area contributed by atoms with Crippen LogP contribution >= 0.6 is 0 Å². The van der Waals surface area contributed by atoms with Crippen molar-refractivity contribution in [3.63, 3.8) is 0 Å². The standard InChI is InChI=1S/C22H19N3O/c1-16-7-6-8-20(11-16)24-22(26)19(14-23)13-18-12-17(2)25(15-18)21-9-4-3-5-10-21/h3-13,15H,1-2H3,(H,24,26)/b19-13+. The van der Waals surface area contributed by atoms with Gasteiger partial charge in [-0.25, -0.2) is 0 Å². The van der Waals surface area contributed by atoms with E-state index in [-0.39, 0.29) is 5.57 Å². The second kappa shape index (κ2) is 7.54. The van der Waals surface area contributed by atoms with Crippen molar-refractivity contribution < 1.29 is 4.79 Å². The molecule has 128 valence electrons. The molecular weight excluding hydrogens is 322 g/mol. The smallest absolute Gasteiger partial charge is 0.266 e. The summed E-state index contributed by atoms with van der Waals surface area (Å²) in [6.07, 6.45) is 3.53. The number of hydrogen-bond donors (Lipinski definition) is 1. The third-order valence-electron chi connectivity index (χ3n) is 4.02. The first kappa shape index (κ1) is 17.2. The number of hydrogen-bond acceptors (Lipinski definition) is 2. The molecule has 0 aliphatic rings. The Balaban J connectivity index is 1.85. The molecule has 4 nitrogen and oxygen atoms in total. The van der Waals surface area contributed by atoms with Gasteiger partial charge < -0.3 is 9.88 Å². The highest BCUT2D eigenvalue weighted by Crippen LogP contribution is 2.18. The molecule has 0 saturated carbocycles. The molecule has 1 aromatic heterocycles. The van der Waals surface area contributed by atoms with Crippen molar-refractivity contribution in [3.8, 4) is 11.8 Å². The number of amides is 1. The van der Waals surface area contributed by atoms with Gasteiger partial charge in [-0.15, -0.1) is 0 Å². The van der Waals surface area contributed by atoms with E-state index in [4.69, 9.17) is 0 Å². The molecular formula is C22H19N3O. The minimum Gasteiger partial charge on any atom is -0.321 e. The number of para-hydroxylation sites is 1. The van der Waals surface area contributed by atoms with Crippen LogP contribution in [0.2, 0.25) is 0 Å². The number of nitriles is 1. The Hall–Kier alpha value is -3.58. The molecule has 0 fully saturated rings. The molecule has 1 N–H and O–H groups in total. The van der Waals surface area contributed by atoms with E-state index in [9.17, 15) is 10.1 Å². The second-order valence-corrected chi connectivity index (χ2v) is 6.11. The van der Waals surface area contributed by atoms with Crippen LogP contribution in [0.15, 0.2) is 72.4 Å². The first-order valence-electron chi connectivity index (χ1n) is 8.31. The minimum absolute atomic E-state index is 0.0664. The Kier molecular flexibility index (Phi) is 5.00. The summed E-state index contributed by atoms with van der Waals surface area (Å²) in [5.41, 5.74) is 4.65. The molecule has 0 saturated heterocycles. The van der Waals surface area contributed by atoms with Crippen molar-refractivity contribution in [1.82, 2.24) is 4.57 Å². The van der Waals surface area contributed by atoms with Gasteiger partial charge in [0.2, 0.25) is 0 Å². The van der Waals surface area contributed by atoms with Crippen LogP contribution in [-0.4, -0.2) is 10.5 Å². The zero-order valence-corrected chi connectivity index (χ0v) is 14.7. The first-order chi connectivity index (χ1) is 12.6. The quantitative estimate of drug-likeness (QED) is 0.555. The van der Waals surface area contributed by atoms with Crippen LogP contribution in [0.25, 0.3) is 11.8 Å². The normalized spacial score (nSPS) is 11.0. The molecule has 26 heavy (non-hydrogen) atoms. The van der Waals surface area contributed by atoms with E-state index in [1.165, 1.54) is 0 Å². The molecule has 3 rings (SSSR count). The lowest BCUT2D eigenvalue weighted by Gasteiger charge is -2.05. The maximum atomic E-state index is 12.4. The number of aryl methyl sites for hydroxylation is 2. The van der Waals surface area contributed by atoms with Crippen molar-refractivity contribution >= 4 is 17.7 Å². The largest absolute Gasteiger partial charge is 0.321 e. The molecule has 0 spiro atoms. The number of rotatable bonds is 4. The third-order valence-corrected chi connectivity index (χ3v) is 4.02. The Bertz CT molecular complexity index is 1010. The second-order valence-electron chi connectivity index (χ2n) is 6.11. The molecule has 2 aromatic carbocycles. The monoisotopic (exact) mass is 341 g/mol. The van der Waals surface area contributed by atoms with E-state index >= 15 is 0 Å². The molecule has 0 aliphatic heterocycles. The summed E-state index contributed by atoms with van der Waals surface area (Å²) in [6, 6.07) is 21.4. The molecule has 0 aliphatic carbocycles. The Labute approximate surface area is 153 Å². The first-order valence-corrected chi connectivity index (χ1v) is 8.31. The van der Waals surface area contributed by atoms with Crippen LogP contribution in [0.5, 0.6) is 0 Å². The molecule has 4 heteroatoms. The number of carbonyl (C=O) groups excluding carboxylic acids is 1. The van der Waals surface area contributed by atoms with Crippen molar-refractivity contribution in [1.29, 1.82) is 5.26 Å². The van der Waals surface area contributed by atoms with Crippen molar-refractivity contribution in [2.24, 2.45) is 0 Å². The summed E-state index contributed by atoms with van der Waals surface area (Å²) < 4.78 is 2.03. The lowest BCUT2D eigenvalue weighted by Crippen LogP contribution is -2.13. The predicted octanol–water partition coefficient (Wildman–Crippen LogP) is 4.64. The average molecular weight is 341 g/mol. The number of nitrogens with zero attached hydrogens (tertiary/aromatic N) is 2. The van der Waals surface area contributed by atoms with Gasteiger partial charge in [0.1, 0.15) is 11.6 Å². The predicted molar refractivity (Wildman–Crippen MR) is 104 cm³/mol. The van der Waals surface area contributed by atoms with Gasteiger partial charge in [0, 0.05) is 23.3 Å². The Morgan fingerprint density at radius 3 is 2.54 bits per heavy atom. The van der Waals surface area contributed by atoms with E-state index < -0.39 is 5.91 Å². The van der Waals surface area contributed by atoms with Gasteiger partial charge in [0.25, 0.3) is 5.91 Å². The van der Waals surface area contributed by atoms with Crippen molar-refractivity contribution in [2.45, 2.75) is 13.8 Å². The highest BCUT2D eigenvalue weighted by molar-refractivity contribution is 6.09. The molecule has 0 unspecified atom stereocenters. The number of carbonyl (C=O) groups is 1. The Morgan fingerprint density at radius 1 is 1.08 bits per heavy atom. The molecule has 0 bridgehead atoms. The average Bonchev–Trinajstić information content (AvgIpc) is 3.00. The van der Waals surface area contributed by atoms with Gasteiger partial charge in [-0.1, -0.05) is 30.3 Å². The third kappa shape index (κ3) is 3.90. The van der Waals surface area contributed by atoms with E-state index in [0.717, 1.165) is 22.5 Å². The van der Waals surface area contributed by atoms with E-state index in [1.54, 1.807) is 12.1 Å².